The average Bonchev–Trinajstić information content (AvgIpc) is 2.71. The number of aromatic amines is 1. The Kier molecular flexibility index (Phi) is 2.31. The predicted octanol–water partition coefficient (Wildman–Crippen LogP) is 1.10. The molecule has 2 heterocycles. The molecule has 1 atom stereocenters. The van der Waals surface area contributed by atoms with Crippen molar-refractivity contribution >= 4 is 0 Å². The molecule has 0 radical (unpaired) electrons. The van der Waals surface area contributed by atoms with Gasteiger partial charge in [0, 0.05) is 12.4 Å². The molecule has 0 spiro atoms. The van der Waals surface area contributed by atoms with E-state index >= 15 is 0 Å². The molecule has 1 aromatic rings. The minimum Gasteiger partial charge on any atom is -0.496 e. The third-order valence-corrected chi connectivity index (χ3v) is 2.08. The predicted molar refractivity (Wildman–Crippen MR) is 48.8 cm³/mol. The topological polar surface area (TPSA) is 63.9 Å². The van der Waals surface area contributed by atoms with Crippen molar-refractivity contribution in [3.63, 3.8) is 0 Å². The third kappa shape index (κ3) is 1.72. The molecule has 4 heteroatoms. The molecule has 1 unspecified atom stereocenters. The summed E-state index contributed by atoms with van der Waals surface area (Å²) in [5.41, 5.74) is 5.93. The fraction of sp³-hybridized carbons (Fsp3) is 0.444. The van der Waals surface area contributed by atoms with Crippen molar-refractivity contribution in [3.05, 3.63) is 30.1 Å². The van der Waals surface area contributed by atoms with Gasteiger partial charge in [0.05, 0.1) is 6.61 Å². The van der Waals surface area contributed by atoms with Gasteiger partial charge in [-0.25, -0.2) is 4.98 Å². The maximum Gasteiger partial charge on any atom is 0.130 e. The summed E-state index contributed by atoms with van der Waals surface area (Å²) in [6.45, 7) is 0.764. The monoisotopic (exact) mass is 179 g/mol. The smallest absolute Gasteiger partial charge is 0.130 e. The molecule has 0 fully saturated rings. The quantitative estimate of drug-likeness (QED) is 0.714. The minimum absolute atomic E-state index is 0.240. The van der Waals surface area contributed by atoms with Crippen LogP contribution in [0.3, 0.4) is 0 Å². The van der Waals surface area contributed by atoms with Crippen molar-refractivity contribution in [1.82, 2.24) is 9.97 Å². The zero-order chi connectivity index (χ0) is 9.10. The third-order valence-electron chi connectivity index (χ3n) is 2.08. The van der Waals surface area contributed by atoms with Crippen molar-refractivity contribution in [2.45, 2.75) is 18.9 Å². The molecule has 0 saturated carbocycles. The van der Waals surface area contributed by atoms with E-state index in [0.29, 0.717) is 0 Å². The number of nitrogens with zero attached hydrogens (tertiary/aromatic N) is 1. The Morgan fingerprint density at radius 3 is 3.15 bits per heavy atom. The zero-order valence-electron chi connectivity index (χ0n) is 7.36. The number of nitrogens with two attached hydrogens (primary N) is 1. The van der Waals surface area contributed by atoms with E-state index in [1.54, 1.807) is 12.4 Å². The first-order chi connectivity index (χ1) is 6.38. The lowest BCUT2D eigenvalue weighted by molar-refractivity contribution is 0.174. The van der Waals surface area contributed by atoms with Gasteiger partial charge in [-0.15, -0.1) is 0 Å². The number of aromatic nitrogens is 2. The highest BCUT2D eigenvalue weighted by Crippen LogP contribution is 2.20. The lowest BCUT2D eigenvalue weighted by Crippen LogP contribution is -2.19. The summed E-state index contributed by atoms with van der Waals surface area (Å²) >= 11 is 0. The van der Waals surface area contributed by atoms with Crippen LogP contribution < -0.4 is 5.73 Å². The van der Waals surface area contributed by atoms with E-state index in [1.165, 1.54) is 0 Å². The van der Waals surface area contributed by atoms with Gasteiger partial charge in [0.1, 0.15) is 17.6 Å². The number of hydrogen-bond donors (Lipinski definition) is 2. The minimum atomic E-state index is -0.240. The molecule has 2 rings (SSSR count). The van der Waals surface area contributed by atoms with Gasteiger partial charge in [0.25, 0.3) is 0 Å². The maximum absolute atomic E-state index is 5.93. The average molecular weight is 179 g/mol. The summed E-state index contributed by atoms with van der Waals surface area (Å²) in [4.78, 5) is 7.07. The second-order valence-electron chi connectivity index (χ2n) is 3.05. The Morgan fingerprint density at radius 2 is 2.54 bits per heavy atom. The number of H-pyrrole nitrogens is 1. The number of ether oxygens (including phenoxy) is 1. The molecule has 0 amide bonds. The van der Waals surface area contributed by atoms with Crippen LogP contribution in [0.4, 0.5) is 0 Å². The van der Waals surface area contributed by atoms with Gasteiger partial charge in [0.15, 0.2) is 0 Å². The van der Waals surface area contributed by atoms with Crippen LogP contribution >= 0.6 is 0 Å². The van der Waals surface area contributed by atoms with E-state index in [4.69, 9.17) is 10.5 Å². The highest BCUT2D eigenvalue weighted by molar-refractivity contribution is 5.12. The summed E-state index contributed by atoms with van der Waals surface area (Å²) in [5.74, 6) is 1.59. The first-order valence-electron chi connectivity index (χ1n) is 4.45. The molecular formula is C9H13N3O. The fourth-order valence-electron chi connectivity index (χ4n) is 1.38. The van der Waals surface area contributed by atoms with Gasteiger partial charge in [0.2, 0.25) is 0 Å². The van der Waals surface area contributed by atoms with Crippen molar-refractivity contribution in [3.8, 4) is 0 Å². The largest absolute Gasteiger partial charge is 0.496 e. The molecule has 0 aliphatic carbocycles. The van der Waals surface area contributed by atoms with Crippen molar-refractivity contribution in [2.75, 3.05) is 6.61 Å². The molecule has 0 bridgehead atoms. The van der Waals surface area contributed by atoms with E-state index in [2.05, 4.69) is 9.97 Å². The normalized spacial score (nSPS) is 19.0. The standard InChI is InChI=1S/C9H13N3O/c10-8(9-11-4-5-12-9)7-3-1-2-6-13-7/h3-5,8H,1-2,6,10H2,(H,11,12). The molecule has 1 aliphatic heterocycles. The zero-order valence-corrected chi connectivity index (χ0v) is 7.36. The maximum atomic E-state index is 5.93. The Bertz CT molecular complexity index is 292. The molecule has 1 aliphatic rings. The Hall–Kier alpha value is -1.29. The first-order valence-corrected chi connectivity index (χ1v) is 4.45. The van der Waals surface area contributed by atoms with Crippen LogP contribution in [-0.2, 0) is 4.74 Å². The number of imidazole rings is 1. The molecule has 4 nitrogen and oxygen atoms in total. The molecule has 1 aromatic heterocycles. The lowest BCUT2D eigenvalue weighted by atomic mass is 10.1. The van der Waals surface area contributed by atoms with E-state index in [-0.39, 0.29) is 6.04 Å². The van der Waals surface area contributed by atoms with Crippen LogP contribution in [0, 0.1) is 0 Å². The Morgan fingerprint density at radius 1 is 1.62 bits per heavy atom. The Balaban J connectivity index is 2.12. The highest BCUT2D eigenvalue weighted by Gasteiger charge is 2.16. The van der Waals surface area contributed by atoms with Crippen LogP contribution in [0.25, 0.3) is 0 Å². The summed E-state index contributed by atoms with van der Waals surface area (Å²) in [5, 5.41) is 0. The van der Waals surface area contributed by atoms with E-state index in [9.17, 15) is 0 Å². The van der Waals surface area contributed by atoms with E-state index in [1.807, 2.05) is 6.08 Å². The van der Waals surface area contributed by atoms with Crippen molar-refractivity contribution in [2.24, 2.45) is 5.73 Å². The second-order valence-corrected chi connectivity index (χ2v) is 3.05. The number of rotatable bonds is 2. The highest BCUT2D eigenvalue weighted by atomic mass is 16.5. The van der Waals surface area contributed by atoms with Crippen LogP contribution in [-0.4, -0.2) is 16.6 Å². The number of hydrogen-bond acceptors (Lipinski definition) is 3. The molecule has 0 aromatic carbocycles. The molecule has 3 N–H and O–H groups in total. The molecule has 70 valence electrons. The molecular weight excluding hydrogens is 166 g/mol. The van der Waals surface area contributed by atoms with E-state index in [0.717, 1.165) is 31.0 Å². The summed E-state index contributed by atoms with van der Waals surface area (Å²) in [6, 6.07) is -0.240. The van der Waals surface area contributed by atoms with E-state index < -0.39 is 0 Å². The van der Waals surface area contributed by atoms with Gasteiger partial charge >= 0.3 is 0 Å². The van der Waals surface area contributed by atoms with Crippen molar-refractivity contribution < 1.29 is 4.74 Å². The van der Waals surface area contributed by atoms with Gasteiger partial charge in [-0.3, -0.25) is 0 Å². The fourth-order valence-corrected chi connectivity index (χ4v) is 1.38. The van der Waals surface area contributed by atoms with Gasteiger partial charge in [-0.1, -0.05) is 0 Å². The summed E-state index contributed by atoms with van der Waals surface area (Å²) in [6.07, 6.45) is 7.62. The number of nitrogens with one attached hydrogen (secondary N) is 1. The van der Waals surface area contributed by atoms with Gasteiger partial charge in [-0.05, 0) is 18.9 Å². The number of allylic oxidation sites excluding steroid dienone is 1. The van der Waals surface area contributed by atoms with Gasteiger partial charge in [-0.2, -0.15) is 0 Å². The molecule has 13 heavy (non-hydrogen) atoms. The second kappa shape index (κ2) is 3.62. The van der Waals surface area contributed by atoms with Crippen molar-refractivity contribution in [1.29, 1.82) is 0 Å². The summed E-state index contributed by atoms with van der Waals surface area (Å²) < 4.78 is 5.44. The summed E-state index contributed by atoms with van der Waals surface area (Å²) in [7, 11) is 0. The van der Waals surface area contributed by atoms with Crippen LogP contribution in [0.1, 0.15) is 24.7 Å². The first kappa shape index (κ1) is 8.31. The SMILES string of the molecule is NC(C1=CCCCO1)c1ncc[nH]1. The lowest BCUT2D eigenvalue weighted by Gasteiger charge is -2.18. The van der Waals surface area contributed by atoms with Crippen LogP contribution in [0.15, 0.2) is 24.2 Å². The molecule has 0 saturated heterocycles. The Labute approximate surface area is 76.8 Å². The van der Waals surface area contributed by atoms with Crippen LogP contribution in [0.2, 0.25) is 0 Å². The van der Waals surface area contributed by atoms with Crippen LogP contribution in [0.5, 0.6) is 0 Å². The van der Waals surface area contributed by atoms with Gasteiger partial charge < -0.3 is 15.5 Å².